The molecule has 0 radical (unpaired) electrons. The molecule has 0 aromatic heterocycles. The van der Waals surface area contributed by atoms with Crippen molar-refractivity contribution in [1.29, 1.82) is 0 Å². The first-order valence-corrected chi connectivity index (χ1v) is 13.1. The summed E-state index contributed by atoms with van der Waals surface area (Å²) in [6, 6.07) is 0. The van der Waals surface area contributed by atoms with Gasteiger partial charge in [-0.1, -0.05) is 153 Å². The Balaban J connectivity index is 1.79. The van der Waals surface area contributed by atoms with Gasteiger partial charge in [-0.25, -0.2) is 0 Å². The van der Waals surface area contributed by atoms with E-state index in [2.05, 4.69) is 13.8 Å². The van der Waals surface area contributed by atoms with E-state index in [-0.39, 0.29) is 0 Å². The average molecular weight is 370 g/mol. The number of hydrogen-bond acceptors (Lipinski definition) is 0. The van der Waals surface area contributed by atoms with E-state index >= 15 is 0 Å². The lowest BCUT2D eigenvalue weighted by atomic mass is 9.09. The molecule has 0 heterocycles. The van der Waals surface area contributed by atoms with Crippen LogP contribution >= 0.6 is 0 Å². The van der Waals surface area contributed by atoms with Gasteiger partial charge in [0.2, 0.25) is 0 Å². The predicted octanol–water partition coefficient (Wildman–Crippen LogP) is 7.31. The second-order valence-corrected chi connectivity index (χ2v) is 11.1. The van der Waals surface area contributed by atoms with Crippen molar-refractivity contribution in [2.75, 3.05) is 0 Å². The molecule has 2 aliphatic rings. The van der Waals surface area contributed by atoms with E-state index in [0.29, 0.717) is 10.6 Å². The first-order valence-electron chi connectivity index (χ1n) is 13.1. The van der Waals surface area contributed by atoms with Gasteiger partial charge in [-0.05, 0) is 0 Å². The molecule has 2 fully saturated rings. The highest BCUT2D eigenvalue weighted by atomic mass is 14.2. The molecule has 0 nitrogen and oxygen atoms in total. The Hall–Kier alpha value is 0.195. The van der Waals surface area contributed by atoms with Gasteiger partial charge in [-0.2, -0.15) is 0 Å². The highest BCUT2D eigenvalue weighted by Gasteiger charge is 2.29. The second-order valence-electron chi connectivity index (χ2n) is 11.1. The Morgan fingerprint density at radius 3 is 0.852 bits per heavy atom. The monoisotopic (exact) mass is 370 g/mol. The molecule has 3 heteroatoms. The van der Waals surface area contributed by atoms with Gasteiger partial charge in [0.05, 0.1) is 21.4 Å². The Bertz CT molecular complexity index is 311. The minimum Gasteiger partial charge on any atom is -0.0673 e. The molecule has 2 rings (SSSR count). The summed E-state index contributed by atoms with van der Waals surface area (Å²) in [5, 5.41) is 1.29. The fourth-order valence-corrected chi connectivity index (χ4v) is 6.02. The first-order chi connectivity index (χ1) is 13.1. The van der Waals surface area contributed by atoms with Gasteiger partial charge in [0, 0.05) is 0 Å². The standard InChI is InChI=1S/C24H49B3/c1-23(19-15-11-7-3-4-8-12-16-20-23)25-27-26-24(2)21-17-13-9-5-6-10-14-18-22-24/h25-27H,3-22H2,1-2H3. The first kappa shape index (κ1) is 23.5. The summed E-state index contributed by atoms with van der Waals surface area (Å²) in [5.41, 5.74) is 0. The zero-order valence-corrected chi connectivity index (χ0v) is 19.3. The third kappa shape index (κ3) is 10.5. The van der Waals surface area contributed by atoms with Gasteiger partial charge >= 0.3 is 0 Å². The van der Waals surface area contributed by atoms with Gasteiger partial charge in [0.15, 0.2) is 0 Å². The zero-order valence-electron chi connectivity index (χ0n) is 19.3. The lowest BCUT2D eigenvalue weighted by Gasteiger charge is -2.33. The molecule has 0 N–H and O–H groups in total. The molecule has 0 spiro atoms. The Labute approximate surface area is 174 Å². The van der Waals surface area contributed by atoms with Crippen LogP contribution in [0.5, 0.6) is 0 Å². The van der Waals surface area contributed by atoms with E-state index in [1.165, 1.54) is 150 Å². The molecular formula is C24H49B3. The summed E-state index contributed by atoms with van der Waals surface area (Å²) >= 11 is 0. The van der Waals surface area contributed by atoms with Crippen molar-refractivity contribution in [2.24, 2.45) is 0 Å². The normalized spacial score (nSPS) is 26.0. The Kier molecular flexibility index (Phi) is 11.7. The van der Waals surface area contributed by atoms with E-state index < -0.39 is 0 Å². The van der Waals surface area contributed by atoms with Crippen LogP contribution in [0.15, 0.2) is 0 Å². The minimum absolute atomic E-state index is 0.647. The highest BCUT2D eigenvalue weighted by molar-refractivity contribution is 7.30. The second kappa shape index (κ2) is 13.4. The van der Waals surface area contributed by atoms with Crippen molar-refractivity contribution in [1.82, 2.24) is 0 Å². The molecule has 0 aromatic rings. The van der Waals surface area contributed by atoms with Crippen LogP contribution in [-0.2, 0) is 0 Å². The van der Waals surface area contributed by atoms with Crippen LogP contribution in [-0.4, -0.2) is 21.4 Å². The molecule has 154 valence electrons. The van der Waals surface area contributed by atoms with E-state index in [4.69, 9.17) is 0 Å². The molecule has 2 saturated carbocycles. The Morgan fingerprint density at radius 2 is 0.593 bits per heavy atom. The van der Waals surface area contributed by atoms with Crippen LogP contribution in [0.4, 0.5) is 0 Å². The molecule has 0 aliphatic heterocycles. The highest BCUT2D eigenvalue weighted by Crippen LogP contribution is 2.40. The van der Waals surface area contributed by atoms with Crippen LogP contribution in [0.2, 0.25) is 10.6 Å². The van der Waals surface area contributed by atoms with E-state index in [0.717, 1.165) is 0 Å². The van der Waals surface area contributed by atoms with Gasteiger partial charge < -0.3 is 0 Å². The smallest absolute Gasteiger partial charge is 0.0673 e. The van der Waals surface area contributed by atoms with Gasteiger partial charge in [-0.15, -0.1) is 0 Å². The van der Waals surface area contributed by atoms with E-state index in [1.807, 2.05) is 0 Å². The van der Waals surface area contributed by atoms with Crippen molar-refractivity contribution < 1.29 is 0 Å². The van der Waals surface area contributed by atoms with Crippen LogP contribution in [0, 0.1) is 0 Å². The maximum Gasteiger partial charge on any atom is 0.0859 e. The summed E-state index contributed by atoms with van der Waals surface area (Å²) in [7, 11) is 4.50. The van der Waals surface area contributed by atoms with Gasteiger partial charge in [0.1, 0.15) is 0 Å². The van der Waals surface area contributed by atoms with Crippen molar-refractivity contribution in [3.63, 3.8) is 0 Å². The molecule has 27 heavy (non-hydrogen) atoms. The molecule has 0 unspecified atom stereocenters. The van der Waals surface area contributed by atoms with Crippen molar-refractivity contribution in [3.05, 3.63) is 0 Å². The van der Waals surface area contributed by atoms with Crippen molar-refractivity contribution in [2.45, 2.75) is 153 Å². The molecule has 0 aromatic carbocycles. The summed E-state index contributed by atoms with van der Waals surface area (Å²) in [6.07, 6.45) is 29.9. The Morgan fingerprint density at radius 1 is 0.370 bits per heavy atom. The molecule has 0 saturated heterocycles. The summed E-state index contributed by atoms with van der Waals surface area (Å²) < 4.78 is 0. The molecule has 0 bridgehead atoms. The SMILES string of the molecule is CC1(BBBC2(C)CCCCCCCCCC2)CCCCCCCCCC1. The zero-order chi connectivity index (χ0) is 19.3. The predicted molar refractivity (Wildman–Crippen MR) is 131 cm³/mol. The van der Waals surface area contributed by atoms with Crippen LogP contribution in [0.25, 0.3) is 0 Å². The summed E-state index contributed by atoms with van der Waals surface area (Å²) in [6.45, 7) is 5.29. The summed E-state index contributed by atoms with van der Waals surface area (Å²) in [4.78, 5) is 0. The fraction of sp³-hybridized carbons (Fsp3) is 1.00. The maximum absolute atomic E-state index is 2.64. The molecule has 2 aliphatic carbocycles. The maximum atomic E-state index is 2.64. The molecule has 0 atom stereocenters. The van der Waals surface area contributed by atoms with Crippen LogP contribution in [0.3, 0.4) is 0 Å². The minimum atomic E-state index is 0.647. The van der Waals surface area contributed by atoms with E-state index in [1.54, 1.807) is 0 Å². The number of hydrogen-bond donors (Lipinski definition) is 0. The van der Waals surface area contributed by atoms with Crippen molar-refractivity contribution >= 4 is 21.4 Å². The average Bonchev–Trinajstić information content (AvgIpc) is 2.72. The lowest BCUT2D eigenvalue weighted by Crippen LogP contribution is -2.32. The van der Waals surface area contributed by atoms with Gasteiger partial charge in [0.25, 0.3) is 0 Å². The van der Waals surface area contributed by atoms with Crippen molar-refractivity contribution in [3.8, 4) is 0 Å². The van der Waals surface area contributed by atoms with Crippen LogP contribution < -0.4 is 0 Å². The van der Waals surface area contributed by atoms with Gasteiger partial charge in [-0.3, -0.25) is 0 Å². The summed E-state index contributed by atoms with van der Waals surface area (Å²) in [5.74, 6) is 0. The third-order valence-electron chi connectivity index (χ3n) is 8.18. The quantitative estimate of drug-likeness (QED) is 0.455. The third-order valence-corrected chi connectivity index (χ3v) is 8.18. The fourth-order valence-electron chi connectivity index (χ4n) is 6.02. The topological polar surface area (TPSA) is 0 Å². The molecular weight excluding hydrogens is 321 g/mol. The van der Waals surface area contributed by atoms with Crippen LogP contribution in [0.1, 0.15) is 142 Å². The largest absolute Gasteiger partial charge is 0.0859 e. The number of rotatable bonds is 4. The molecule has 0 amide bonds. The van der Waals surface area contributed by atoms with E-state index in [9.17, 15) is 0 Å². The lowest BCUT2D eigenvalue weighted by molar-refractivity contribution is 0.464.